The summed E-state index contributed by atoms with van der Waals surface area (Å²) in [5.41, 5.74) is 0.527. The highest BCUT2D eigenvalue weighted by Gasteiger charge is 2.13. The van der Waals surface area contributed by atoms with Crippen LogP contribution in [0.4, 0.5) is 0 Å². The summed E-state index contributed by atoms with van der Waals surface area (Å²) in [6, 6.07) is 2.00. The fourth-order valence-electron chi connectivity index (χ4n) is 1.27. The average Bonchev–Trinajstić information content (AvgIpc) is 2.56. The van der Waals surface area contributed by atoms with Crippen molar-refractivity contribution in [3.05, 3.63) is 22.2 Å². The van der Waals surface area contributed by atoms with Gasteiger partial charge >= 0.3 is 0 Å². The van der Waals surface area contributed by atoms with Gasteiger partial charge < -0.3 is 9.97 Å². The summed E-state index contributed by atoms with van der Waals surface area (Å²) >= 11 is 1.38. The standard InChI is InChI=1S/C8H6N4OS/c1-14-8-4(2-9)5-6(12-8)10-3-11-7(5)13/h3H,1H3,(H2,10,11,12,13). The molecule has 2 rings (SSSR count). The van der Waals surface area contributed by atoms with Crippen LogP contribution in [0.5, 0.6) is 0 Å². The molecule has 0 saturated carbocycles. The van der Waals surface area contributed by atoms with Crippen molar-refractivity contribution in [2.24, 2.45) is 0 Å². The van der Waals surface area contributed by atoms with Crippen molar-refractivity contribution in [1.82, 2.24) is 15.0 Å². The number of rotatable bonds is 1. The normalized spacial score (nSPS) is 10.3. The Hall–Kier alpha value is -1.74. The number of aromatic amines is 2. The molecule has 0 aliphatic heterocycles. The first-order valence-electron chi connectivity index (χ1n) is 3.81. The van der Waals surface area contributed by atoms with Gasteiger partial charge in [0, 0.05) is 0 Å². The summed E-state index contributed by atoms with van der Waals surface area (Å²) in [7, 11) is 0. The van der Waals surface area contributed by atoms with E-state index in [1.807, 2.05) is 12.3 Å². The number of thioether (sulfide) groups is 1. The highest BCUT2D eigenvalue weighted by molar-refractivity contribution is 7.98. The zero-order chi connectivity index (χ0) is 10.1. The maximum atomic E-state index is 11.4. The molecule has 70 valence electrons. The predicted molar refractivity (Wildman–Crippen MR) is 53.2 cm³/mol. The molecule has 2 aromatic heterocycles. The van der Waals surface area contributed by atoms with E-state index in [2.05, 4.69) is 15.0 Å². The minimum absolute atomic E-state index is 0.289. The maximum absolute atomic E-state index is 11.4. The lowest BCUT2D eigenvalue weighted by molar-refractivity contribution is 1.14. The van der Waals surface area contributed by atoms with Crippen LogP contribution >= 0.6 is 11.8 Å². The van der Waals surface area contributed by atoms with Crippen LogP contribution in [0.2, 0.25) is 0 Å². The van der Waals surface area contributed by atoms with E-state index in [-0.39, 0.29) is 5.56 Å². The van der Waals surface area contributed by atoms with Gasteiger partial charge in [-0.3, -0.25) is 4.79 Å². The topological polar surface area (TPSA) is 85.3 Å². The Labute approximate surface area is 83.2 Å². The summed E-state index contributed by atoms with van der Waals surface area (Å²) in [5, 5.41) is 9.90. The van der Waals surface area contributed by atoms with E-state index in [0.29, 0.717) is 21.6 Å². The van der Waals surface area contributed by atoms with Crippen LogP contribution in [0.25, 0.3) is 11.0 Å². The summed E-state index contributed by atoms with van der Waals surface area (Å²) in [5.74, 6) is 0. The van der Waals surface area contributed by atoms with E-state index in [0.717, 1.165) is 0 Å². The SMILES string of the molecule is CSc1[nH]c2nc[nH]c(=O)c2c1C#N. The van der Waals surface area contributed by atoms with Gasteiger partial charge in [-0.05, 0) is 6.26 Å². The van der Waals surface area contributed by atoms with Gasteiger partial charge in [0.25, 0.3) is 5.56 Å². The van der Waals surface area contributed by atoms with Crippen LogP contribution in [-0.2, 0) is 0 Å². The molecule has 0 atom stereocenters. The smallest absolute Gasteiger partial charge is 0.261 e. The van der Waals surface area contributed by atoms with Gasteiger partial charge in [-0.25, -0.2) is 4.98 Å². The second-order valence-electron chi connectivity index (χ2n) is 2.60. The number of H-pyrrole nitrogens is 2. The molecule has 2 aromatic rings. The Morgan fingerprint density at radius 2 is 2.43 bits per heavy atom. The van der Waals surface area contributed by atoms with Gasteiger partial charge in [-0.2, -0.15) is 5.26 Å². The van der Waals surface area contributed by atoms with E-state index in [9.17, 15) is 4.79 Å². The molecule has 0 fully saturated rings. The zero-order valence-corrected chi connectivity index (χ0v) is 8.10. The molecule has 0 aliphatic rings. The van der Waals surface area contributed by atoms with Gasteiger partial charge in [-0.1, -0.05) is 0 Å². The highest BCUT2D eigenvalue weighted by Crippen LogP contribution is 2.23. The fourth-order valence-corrected chi connectivity index (χ4v) is 1.82. The van der Waals surface area contributed by atoms with Gasteiger partial charge in [0.1, 0.15) is 17.1 Å². The molecule has 0 aliphatic carbocycles. The van der Waals surface area contributed by atoms with Crippen molar-refractivity contribution in [2.75, 3.05) is 6.26 Å². The highest BCUT2D eigenvalue weighted by atomic mass is 32.2. The van der Waals surface area contributed by atoms with Crippen molar-refractivity contribution in [1.29, 1.82) is 5.26 Å². The molecule has 0 amide bonds. The number of fused-ring (bicyclic) bond motifs is 1. The van der Waals surface area contributed by atoms with E-state index in [1.165, 1.54) is 18.1 Å². The minimum Gasteiger partial charge on any atom is -0.333 e. The molecule has 6 heteroatoms. The van der Waals surface area contributed by atoms with Crippen molar-refractivity contribution in [3.63, 3.8) is 0 Å². The number of nitrogens with one attached hydrogen (secondary N) is 2. The fraction of sp³-hybridized carbons (Fsp3) is 0.125. The van der Waals surface area contributed by atoms with Crippen LogP contribution in [-0.4, -0.2) is 21.2 Å². The molecular weight excluding hydrogens is 200 g/mol. The quantitative estimate of drug-likeness (QED) is 0.677. The van der Waals surface area contributed by atoms with Gasteiger partial charge in [0.05, 0.1) is 16.9 Å². The molecular formula is C8H6N4OS. The van der Waals surface area contributed by atoms with Crippen molar-refractivity contribution in [3.8, 4) is 6.07 Å². The lowest BCUT2D eigenvalue weighted by Crippen LogP contribution is -2.05. The molecule has 0 radical (unpaired) electrons. The number of hydrogen-bond donors (Lipinski definition) is 2. The molecule has 0 bridgehead atoms. The lowest BCUT2D eigenvalue weighted by Gasteiger charge is -1.87. The summed E-state index contributed by atoms with van der Waals surface area (Å²) in [6.07, 6.45) is 3.15. The van der Waals surface area contributed by atoms with E-state index >= 15 is 0 Å². The lowest BCUT2D eigenvalue weighted by atomic mass is 10.3. The van der Waals surface area contributed by atoms with E-state index in [1.54, 1.807) is 0 Å². The van der Waals surface area contributed by atoms with E-state index in [4.69, 9.17) is 5.26 Å². The average molecular weight is 206 g/mol. The number of hydrogen-bond acceptors (Lipinski definition) is 4. The summed E-state index contributed by atoms with van der Waals surface area (Å²) < 4.78 is 0. The van der Waals surface area contributed by atoms with E-state index < -0.39 is 0 Å². The van der Waals surface area contributed by atoms with Crippen molar-refractivity contribution >= 4 is 22.8 Å². The first-order valence-corrected chi connectivity index (χ1v) is 5.04. The molecule has 2 N–H and O–H groups in total. The summed E-state index contributed by atoms with van der Waals surface area (Å²) in [6.45, 7) is 0. The third-order valence-electron chi connectivity index (χ3n) is 1.88. The number of nitrogens with zero attached hydrogens (tertiary/aromatic N) is 2. The van der Waals surface area contributed by atoms with Crippen molar-refractivity contribution in [2.45, 2.75) is 5.03 Å². The van der Waals surface area contributed by atoms with Gasteiger partial charge in [0.15, 0.2) is 0 Å². The Morgan fingerprint density at radius 1 is 1.64 bits per heavy atom. The monoisotopic (exact) mass is 206 g/mol. The molecule has 0 unspecified atom stereocenters. The molecule has 14 heavy (non-hydrogen) atoms. The molecule has 0 aromatic carbocycles. The Kier molecular flexibility index (Phi) is 2.02. The first-order chi connectivity index (χ1) is 6.77. The van der Waals surface area contributed by atoms with Crippen LogP contribution < -0.4 is 5.56 Å². The Morgan fingerprint density at radius 3 is 3.07 bits per heavy atom. The zero-order valence-electron chi connectivity index (χ0n) is 7.29. The second kappa shape index (κ2) is 3.20. The van der Waals surface area contributed by atoms with Crippen molar-refractivity contribution < 1.29 is 0 Å². The van der Waals surface area contributed by atoms with Crippen LogP contribution in [0.1, 0.15) is 5.56 Å². The third kappa shape index (κ3) is 1.10. The van der Waals surface area contributed by atoms with Crippen LogP contribution in [0, 0.1) is 11.3 Å². The third-order valence-corrected chi connectivity index (χ3v) is 2.59. The molecule has 5 nitrogen and oxygen atoms in total. The van der Waals surface area contributed by atoms with Crippen LogP contribution in [0.15, 0.2) is 16.1 Å². The molecule has 0 saturated heterocycles. The first kappa shape index (κ1) is 8.84. The predicted octanol–water partition coefficient (Wildman–Crippen LogP) is 0.845. The summed E-state index contributed by atoms with van der Waals surface area (Å²) in [4.78, 5) is 20.7. The molecule has 2 heterocycles. The number of nitriles is 1. The van der Waals surface area contributed by atoms with Gasteiger partial charge in [-0.15, -0.1) is 11.8 Å². The Balaban J connectivity index is 2.98. The minimum atomic E-state index is -0.289. The van der Waals surface area contributed by atoms with Crippen LogP contribution in [0.3, 0.4) is 0 Å². The second-order valence-corrected chi connectivity index (χ2v) is 3.42. The largest absolute Gasteiger partial charge is 0.333 e. The Bertz CT molecular complexity index is 577. The van der Waals surface area contributed by atoms with Gasteiger partial charge in [0.2, 0.25) is 0 Å². The number of aromatic nitrogens is 3. The maximum Gasteiger partial charge on any atom is 0.261 e. The molecule has 0 spiro atoms.